The van der Waals surface area contributed by atoms with Gasteiger partial charge in [0, 0.05) is 58.7 Å². The number of rotatable bonds is 2. The van der Waals surface area contributed by atoms with Crippen LogP contribution in [0.5, 0.6) is 0 Å². The van der Waals surface area contributed by atoms with Crippen LogP contribution in [0.4, 0.5) is 0 Å². The highest BCUT2D eigenvalue weighted by Gasteiger charge is 2.43. The van der Waals surface area contributed by atoms with Gasteiger partial charge in [-0.05, 0) is 12.8 Å². The quantitative estimate of drug-likeness (QED) is 0.681. The molecule has 0 aliphatic carbocycles. The molecule has 0 spiro atoms. The van der Waals surface area contributed by atoms with E-state index in [0.717, 1.165) is 45.7 Å². The van der Waals surface area contributed by atoms with Gasteiger partial charge in [-0.3, -0.25) is 19.4 Å². The molecule has 3 fully saturated rings. The Morgan fingerprint density at radius 3 is 2.32 bits per heavy atom. The monoisotopic (exact) mass is 309 g/mol. The number of likely N-dealkylation sites (tertiary alicyclic amines) is 1. The molecule has 3 saturated heterocycles. The van der Waals surface area contributed by atoms with Crippen LogP contribution < -0.4 is 0 Å². The molecule has 1 amide bonds. The van der Waals surface area contributed by atoms with Gasteiger partial charge in [-0.2, -0.15) is 0 Å². The molecule has 4 atom stereocenters. The predicted molar refractivity (Wildman–Crippen MR) is 82.3 cm³/mol. The third-order valence-corrected chi connectivity index (χ3v) is 5.41. The number of piperazine rings is 1. The smallest absolute Gasteiger partial charge is 0.323 e. The maximum Gasteiger partial charge on any atom is 0.323 e. The first-order chi connectivity index (χ1) is 10.5. The van der Waals surface area contributed by atoms with E-state index >= 15 is 0 Å². The van der Waals surface area contributed by atoms with Gasteiger partial charge in [0.05, 0.1) is 0 Å². The van der Waals surface area contributed by atoms with Gasteiger partial charge in [-0.1, -0.05) is 6.92 Å². The summed E-state index contributed by atoms with van der Waals surface area (Å²) in [4.78, 5) is 30.1. The van der Waals surface area contributed by atoms with E-state index in [-0.39, 0.29) is 24.0 Å². The molecule has 0 bridgehead atoms. The van der Waals surface area contributed by atoms with Crippen molar-refractivity contribution in [2.45, 2.75) is 45.4 Å². The summed E-state index contributed by atoms with van der Waals surface area (Å²) in [5.74, 6) is 0.665. The molecule has 3 aliphatic rings. The van der Waals surface area contributed by atoms with Crippen molar-refractivity contribution in [1.82, 2.24) is 14.7 Å². The largest absolute Gasteiger partial charge is 0.461 e. The number of cyclic esters (lactones) is 1. The Hall–Kier alpha value is -1.14. The first-order valence-electron chi connectivity index (χ1n) is 8.40. The molecular weight excluding hydrogens is 282 g/mol. The lowest BCUT2D eigenvalue weighted by molar-refractivity contribution is -0.144. The van der Waals surface area contributed by atoms with Crippen LogP contribution in [0.3, 0.4) is 0 Å². The summed E-state index contributed by atoms with van der Waals surface area (Å²) in [6.45, 7) is 11.3. The molecule has 6 heteroatoms. The minimum absolute atomic E-state index is 0.0472. The molecule has 0 aromatic heterocycles. The fraction of sp³-hybridized carbons (Fsp3) is 0.875. The molecule has 4 unspecified atom stereocenters. The number of carbonyl (C=O) groups excluding carboxylic acids is 2. The van der Waals surface area contributed by atoms with E-state index in [4.69, 9.17) is 4.74 Å². The Kier molecular flexibility index (Phi) is 4.41. The van der Waals surface area contributed by atoms with Crippen LogP contribution in [0, 0.1) is 5.92 Å². The highest BCUT2D eigenvalue weighted by Crippen LogP contribution is 2.29. The third kappa shape index (κ3) is 2.99. The lowest BCUT2D eigenvalue weighted by Crippen LogP contribution is -2.53. The minimum atomic E-state index is -0.0547. The standard InChI is InChI=1S/C16H27N3O3/c1-11-9-19(14-8-12(2)22-16(14)21)10-15(11)18-6-4-17(5-7-18)13(3)20/h11-12,14-15H,4-10H2,1-3H3. The van der Waals surface area contributed by atoms with E-state index in [1.54, 1.807) is 6.92 Å². The maximum atomic E-state index is 12.0. The van der Waals surface area contributed by atoms with E-state index in [0.29, 0.717) is 12.0 Å². The molecule has 3 heterocycles. The molecular formula is C16H27N3O3. The first kappa shape index (κ1) is 15.7. The molecule has 124 valence electrons. The maximum absolute atomic E-state index is 12.0. The normalized spacial score (nSPS) is 37.6. The molecule has 0 radical (unpaired) electrons. The van der Waals surface area contributed by atoms with Crippen molar-refractivity contribution in [2.75, 3.05) is 39.3 Å². The highest BCUT2D eigenvalue weighted by molar-refractivity contribution is 5.78. The lowest BCUT2D eigenvalue weighted by atomic mass is 10.0. The molecule has 3 rings (SSSR count). The zero-order chi connectivity index (χ0) is 15.9. The third-order valence-electron chi connectivity index (χ3n) is 5.41. The van der Waals surface area contributed by atoms with E-state index in [9.17, 15) is 9.59 Å². The summed E-state index contributed by atoms with van der Waals surface area (Å²) in [5.41, 5.74) is 0. The molecule has 0 aromatic rings. The predicted octanol–water partition coefficient (Wildman–Crippen LogP) is 0.175. The van der Waals surface area contributed by atoms with Crippen molar-refractivity contribution < 1.29 is 14.3 Å². The van der Waals surface area contributed by atoms with Crippen molar-refractivity contribution in [2.24, 2.45) is 5.92 Å². The SMILES string of the molecule is CC(=O)N1CCN(C2CN(C3CC(C)OC3=O)CC2C)CC1. The zero-order valence-corrected chi connectivity index (χ0v) is 13.8. The van der Waals surface area contributed by atoms with Crippen molar-refractivity contribution in [1.29, 1.82) is 0 Å². The highest BCUT2D eigenvalue weighted by atomic mass is 16.6. The van der Waals surface area contributed by atoms with E-state index < -0.39 is 0 Å². The number of ether oxygens (including phenoxy) is 1. The van der Waals surface area contributed by atoms with Crippen LogP contribution in [0.25, 0.3) is 0 Å². The number of nitrogens with zero attached hydrogens (tertiary/aromatic N) is 3. The van der Waals surface area contributed by atoms with Gasteiger partial charge < -0.3 is 9.64 Å². The number of esters is 1. The van der Waals surface area contributed by atoms with Crippen LogP contribution in [0.15, 0.2) is 0 Å². The van der Waals surface area contributed by atoms with Gasteiger partial charge in [-0.25, -0.2) is 0 Å². The fourth-order valence-corrected chi connectivity index (χ4v) is 4.12. The van der Waals surface area contributed by atoms with Crippen molar-refractivity contribution in [3.8, 4) is 0 Å². The molecule has 0 N–H and O–H groups in total. The molecule has 0 saturated carbocycles. The summed E-state index contributed by atoms with van der Waals surface area (Å²) < 4.78 is 5.30. The minimum Gasteiger partial charge on any atom is -0.461 e. The van der Waals surface area contributed by atoms with E-state index in [2.05, 4.69) is 16.7 Å². The van der Waals surface area contributed by atoms with Crippen LogP contribution in [0.1, 0.15) is 27.2 Å². The van der Waals surface area contributed by atoms with Gasteiger partial charge >= 0.3 is 5.97 Å². The number of carbonyl (C=O) groups is 2. The molecule has 22 heavy (non-hydrogen) atoms. The van der Waals surface area contributed by atoms with Crippen molar-refractivity contribution in [3.63, 3.8) is 0 Å². The Morgan fingerprint density at radius 2 is 1.77 bits per heavy atom. The van der Waals surface area contributed by atoms with Crippen molar-refractivity contribution in [3.05, 3.63) is 0 Å². The van der Waals surface area contributed by atoms with Crippen LogP contribution >= 0.6 is 0 Å². The van der Waals surface area contributed by atoms with Gasteiger partial charge in [0.15, 0.2) is 0 Å². The van der Waals surface area contributed by atoms with Gasteiger partial charge in [0.25, 0.3) is 0 Å². The van der Waals surface area contributed by atoms with Gasteiger partial charge in [-0.15, -0.1) is 0 Å². The number of amides is 1. The second-order valence-electron chi connectivity index (χ2n) is 7.04. The van der Waals surface area contributed by atoms with Crippen LogP contribution in [-0.4, -0.2) is 84.0 Å². The molecule has 3 aliphatic heterocycles. The summed E-state index contributed by atoms with van der Waals surface area (Å²) >= 11 is 0. The van der Waals surface area contributed by atoms with Crippen LogP contribution in [-0.2, 0) is 14.3 Å². The van der Waals surface area contributed by atoms with Gasteiger partial charge in [0.1, 0.15) is 12.1 Å². The average Bonchev–Trinajstić information content (AvgIpc) is 3.01. The van der Waals surface area contributed by atoms with Crippen LogP contribution in [0.2, 0.25) is 0 Å². The fourth-order valence-electron chi connectivity index (χ4n) is 4.12. The van der Waals surface area contributed by atoms with E-state index in [1.165, 1.54) is 0 Å². The summed E-state index contributed by atoms with van der Waals surface area (Å²) in [6, 6.07) is 0.429. The zero-order valence-electron chi connectivity index (χ0n) is 13.8. The second-order valence-corrected chi connectivity index (χ2v) is 7.04. The topological polar surface area (TPSA) is 53.1 Å². The Morgan fingerprint density at radius 1 is 1.09 bits per heavy atom. The van der Waals surface area contributed by atoms with Gasteiger partial charge in [0.2, 0.25) is 5.91 Å². The number of hydrogen-bond acceptors (Lipinski definition) is 5. The summed E-state index contributed by atoms with van der Waals surface area (Å²) in [6.07, 6.45) is 0.863. The summed E-state index contributed by atoms with van der Waals surface area (Å²) in [7, 11) is 0. The van der Waals surface area contributed by atoms with Crippen molar-refractivity contribution >= 4 is 11.9 Å². The first-order valence-corrected chi connectivity index (χ1v) is 8.40. The lowest BCUT2D eigenvalue weighted by Gasteiger charge is -2.39. The second kappa shape index (κ2) is 6.16. The number of hydrogen-bond donors (Lipinski definition) is 0. The Bertz CT molecular complexity index is 448. The molecule has 6 nitrogen and oxygen atoms in total. The van der Waals surface area contributed by atoms with E-state index in [1.807, 2.05) is 11.8 Å². The Balaban J connectivity index is 1.58. The Labute approximate surface area is 132 Å². The average molecular weight is 309 g/mol. The molecule has 0 aromatic carbocycles. The summed E-state index contributed by atoms with van der Waals surface area (Å²) in [5, 5.41) is 0.